The van der Waals surface area contributed by atoms with Crippen LogP contribution in [0.2, 0.25) is 8.35 Å². The molecule has 0 heterocycles. The molecule has 0 bridgehead atoms. The molecule has 0 saturated heterocycles. The molecule has 0 spiro atoms. The predicted octanol–water partition coefficient (Wildman–Crippen LogP) is 1.30. The summed E-state index contributed by atoms with van der Waals surface area (Å²) in [7, 11) is 0. The molecule has 0 aliphatic heterocycles. The van der Waals surface area contributed by atoms with E-state index in [0.717, 1.165) is 0 Å². The Morgan fingerprint density at radius 2 is 1.60 bits per heavy atom. The second kappa shape index (κ2) is 4.87. The van der Waals surface area contributed by atoms with Crippen LogP contribution in [0.1, 0.15) is 13.8 Å². The Hall–Kier alpha value is 0.870. The SMILES string of the molecule is C[CH2][InH][CH2]C. The number of hydrogen-bond acceptors (Lipinski definition) is 0. The first-order valence-corrected chi connectivity index (χ1v) is 8.12. The third kappa shape index (κ3) is 4.87. The van der Waals surface area contributed by atoms with Gasteiger partial charge in [-0.1, -0.05) is 0 Å². The molecule has 0 unspecified atom stereocenters. The average molecular weight is 174 g/mol. The van der Waals surface area contributed by atoms with E-state index in [-0.39, 0.29) is 22.9 Å². The minimum atomic E-state index is -0.0578. The minimum absolute atomic E-state index is 0.0578. The summed E-state index contributed by atoms with van der Waals surface area (Å²) in [6, 6.07) is 0. The molecule has 30 valence electrons. The van der Waals surface area contributed by atoms with Crippen molar-refractivity contribution in [2.24, 2.45) is 0 Å². The van der Waals surface area contributed by atoms with Gasteiger partial charge in [0.2, 0.25) is 0 Å². The van der Waals surface area contributed by atoms with Crippen molar-refractivity contribution in [3.8, 4) is 0 Å². The van der Waals surface area contributed by atoms with Crippen LogP contribution in [0.15, 0.2) is 0 Å². The summed E-state index contributed by atoms with van der Waals surface area (Å²) in [4.78, 5) is 0. The van der Waals surface area contributed by atoms with E-state index >= 15 is 0 Å². The summed E-state index contributed by atoms with van der Waals surface area (Å²) in [5, 5.41) is 0. The first-order valence-electron chi connectivity index (χ1n) is 2.41. The van der Waals surface area contributed by atoms with E-state index in [0.29, 0.717) is 0 Å². The number of hydrogen-bond donors (Lipinski definition) is 0. The van der Waals surface area contributed by atoms with Gasteiger partial charge in [0.1, 0.15) is 0 Å². The van der Waals surface area contributed by atoms with Gasteiger partial charge in [-0.05, 0) is 0 Å². The van der Waals surface area contributed by atoms with Crippen molar-refractivity contribution >= 4 is 22.9 Å². The fraction of sp³-hybridized carbons (Fsp3) is 1.00. The summed E-state index contributed by atoms with van der Waals surface area (Å²) in [5.41, 5.74) is 0. The average Bonchev–Trinajstić information content (AvgIpc) is 1.41. The maximum atomic E-state index is 2.31. The van der Waals surface area contributed by atoms with Crippen molar-refractivity contribution in [3.63, 3.8) is 0 Å². The summed E-state index contributed by atoms with van der Waals surface area (Å²) in [6.07, 6.45) is 0. The fourth-order valence-electron chi connectivity index (χ4n) is 0.354. The van der Waals surface area contributed by atoms with Crippen LogP contribution in [0, 0.1) is 0 Å². The summed E-state index contributed by atoms with van der Waals surface area (Å²) in [5.74, 6) is 0. The zero-order chi connectivity index (χ0) is 4.12. The van der Waals surface area contributed by atoms with Crippen LogP contribution >= 0.6 is 0 Å². The van der Waals surface area contributed by atoms with Crippen LogP contribution < -0.4 is 0 Å². The molecule has 0 aliphatic carbocycles. The third-order valence-corrected chi connectivity index (χ3v) is 4.74. The van der Waals surface area contributed by atoms with Crippen molar-refractivity contribution in [3.05, 3.63) is 0 Å². The van der Waals surface area contributed by atoms with Gasteiger partial charge in [-0.25, -0.2) is 0 Å². The first-order chi connectivity index (χ1) is 2.41. The molecule has 0 nitrogen and oxygen atoms in total. The maximum absolute atomic E-state index is 2.31. The summed E-state index contributed by atoms with van der Waals surface area (Å²) < 4.78 is 3.11. The van der Waals surface area contributed by atoms with Crippen LogP contribution in [-0.4, -0.2) is 22.9 Å². The summed E-state index contributed by atoms with van der Waals surface area (Å²) >= 11 is -0.0578. The quantitative estimate of drug-likeness (QED) is 0.591. The van der Waals surface area contributed by atoms with E-state index in [2.05, 4.69) is 13.8 Å². The number of rotatable bonds is 2. The van der Waals surface area contributed by atoms with Gasteiger partial charge in [0.05, 0.1) is 0 Å². The van der Waals surface area contributed by atoms with E-state index in [1.807, 2.05) is 0 Å². The molecular formula is C4H11In. The van der Waals surface area contributed by atoms with Crippen LogP contribution in [0.3, 0.4) is 0 Å². The molecule has 0 aromatic heterocycles. The Balaban J connectivity index is 2.19. The Morgan fingerprint density at radius 1 is 1.20 bits per heavy atom. The van der Waals surface area contributed by atoms with Crippen LogP contribution in [0.5, 0.6) is 0 Å². The zero-order valence-electron chi connectivity index (χ0n) is 4.12. The van der Waals surface area contributed by atoms with Crippen molar-refractivity contribution in [1.29, 1.82) is 0 Å². The van der Waals surface area contributed by atoms with E-state index in [4.69, 9.17) is 0 Å². The second-order valence-corrected chi connectivity index (χ2v) is 9.08. The van der Waals surface area contributed by atoms with Gasteiger partial charge >= 0.3 is 45.1 Å². The van der Waals surface area contributed by atoms with Gasteiger partial charge in [0.15, 0.2) is 0 Å². The monoisotopic (exact) mass is 174 g/mol. The zero-order valence-corrected chi connectivity index (χ0v) is 8.16. The van der Waals surface area contributed by atoms with Crippen molar-refractivity contribution in [2.45, 2.75) is 22.2 Å². The molecule has 0 aliphatic rings. The summed E-state index contributed by atoms with van der Waals surface area (Å²) in [6.45, 7) is 4.61. The van der Waals surface area contributed by atoms with E-state index in [1.54, 1.807) is 8.35 Å². The Bertz CT molecular complexity index is 11.1. The molecule has 0 amide bonds. The van der Waals surface area contributed by atoms with E-state index in [1.165, 1.54) is 0 Å². The molecular weight excluding hydrogens is 163 g/mol. The van der Waals surface area contributed by atoms with Crippen molar-refractivity contribution < 1.29 is 0 Å². The van der Waals surface area contributed by atoms with Crippen LogP contribution in [0.25, 0.3) is 0 Å². The topological polar surface area (TPSA) is 0 Å². The van der Waals surface area contributed by atoms with Crippen molar-refractivity contribution in [2.75, 3.05) is 0 Å². The molecule has 5 heavy (non-hydrogen) atoms. The molecule has 1 heteroatoms. The molecule has 0 rings (SSSR count). The first kappa shape index (κ1) is 5.87. The fourth-order valence-corrected chi connectivity index (χ4v) is 2.37. The Labute approximate surface area is 45.3 Å². The molecule has 0 aromatic carbocycles. The normalized spacial score (nSPS) is 7.60. The molecule has 0 atom stereocenters. The third-order valence-electron chi connectivity index (χ3n) is 0.707. The Kier molecular flexibility index (Phi) is 5.72. The molecule has 0 fully saturated rings. The van der Waals surface area contributed by atoms with Crippen molar-refractivity contribution in [1.82, 2.24) is 0 Å². The van der Waals surface area contributed by atoms with Crippen LogP contribution in [0.4, 0.5) is 0 Å². The Morgan fingerprint density at radius 3 is 1.60 bits per heavy atom. The molecule has 0 N–H and O–H groups in total. The second-order valence-electron chi connectivity index (χ2n) is 1.35. The van der Waals surface area contributed by atoms with Gasteiger partial charge in [0, 0.05) is 0 Å². The van der Waals surface area contributed by atoms with E-state index in [9.17, 15) is 0 Å². The van der Waals surface area contributed by atoms with Gasteiger partial charge in [-0.3, -0.25) is 0 Å². The molecule has 0 radical (unpaired) electrons. The predicted molar refractivity (Wildman–Crippen MR) is 28.1 cm³/mol. The van der Waals surface area contributed by atoms with Gasteiger partial charge < -0.3 is 0 Å². The van der Waals surface area contributed by atoms with Gasteiger partial charge in [0.25, 0.3) is 0 Å². The van der Waals surface area contributed by atoms with E-state index < -0.39 is 0 Å². The van der Waals surface area contributed by atoms with Gasteiger partial charge in [-0.2, -0.15) is 0 Å². The molecule has 0 saturated carbocycles. The van der Waals surface area contributed by atoms with Gasteiger partial charge in [-0.15, -0.1) is 0 Å². The van der Waals surface area contributed by atoms with Crippen LogP contribution in [-0.2, 0) is 0 Å². The standard InChI is InChI=1S/2C2H5.In.H/c2*1-2;;/h2*1H2,2H3;;. The molecule has 0 aromatic rings.